The second-order valence-electron chi connectivity index (χ2n) is 5.66. The summed E-state index contributed by atoms with van der Waals surface area (Å²) < 4.78 is 0. The topological polar surface area (TPSA) is 0 Å². The van der Waals surface area contributed by atoms with E-state index in [1.165, 1.54) is 16.2 Å². The fourth-order valence-electron chi connectivity index (χ4n) is 3.04. The number of rotatable bonds is 2. The predicted molar refractivity (Wildman–Crippen MR) is 105 cm³/mol. The Labute approximate surface area is 145 Å². The van der Waals surface area contributed by atoms with Crippen LogP contribution in [0.15, 0.2) is 84.9 Å². The van der Waals surface area contributed by atoms with Crippen LogP contribution in [0.5, 0.6) is 0 Å². The molecule has 0 saturated carbocycles. The van der Waals surface area contributed by atoms with Crippen LogP contribution in [0, 0.1) is 0 Å². The van der Waals surface area contributed by atoms with Crippen LogP contribution in [0.4, 0.5) is 0 Å². The standard InChI is InChI=1S/C20H14Cl2Si/c21-23(22,18-13-12-15-6-1-2-8-17(15)14-18)20-11-5-9-16-7-3-4-10-19(16)20/h1-14H. The van der Waals surface area contributed by atoms with Crippen LogP contribution in [0.3, 0.4) is 0 Å². The molecule has 0 aliphatic carbocycles. The lowest BCUT2D eigenvalue weighted by Gasteiger charge is -2.20. The maximum Gasteiger partial charge on any atom is 0.311 e. The summed E-state index contributed by atoms with van der Waals surface area (Å²) in [4.78, 5) is 0. The van der Waals surface area contributed by atoms with Crippen molar-refractivity contribution < 1.29 is 0 Å². The van der Waals surface area contributed by atoms with Crippen LogP contribution < -0.4 is 10.4 Å². The molecule has 0 atom stereocenters. The summed E-state index contributed by atoms with van der Waals surface area (Å²) in [5.74, 6) is 0. The molecule has 0 aliphatic rings. The maximum atomic E-state index is 6.97. The SMILES string of the molecule is Cl[Si](Cl)(c1ccc2ccccc2c1)c1cccc2ccccc12. The van der Waals surface area contributed by atoms with E-state index in [1.54, 1.807) is 0 Å². The Morgan fingerprint density at radius 3 is 2.04 bits per heavy atom. The number of halogens is 2. The van der Waals surface area contributed by atoms with Crippen LogP contribution in [-0.4, -0.2) is 6.69 Å². The summed E-state index contributed by atoms with van der Waals surface area (Å²) in [6.45, 7) is -2.79. The summed E-state index contributed by atoms with van der Waals surface area (Å²) in [7, 11) is 0. The molecule has 0 radical (unpaired) electrons. The zero-order chi connectivity index (χ0) is 15.9. The van der Waals surface area contributed by atoms with Gasteiger partial charge in [-0.2, -0.15) is 0 Å². The van der Waals surface area contributed by atoms with Crippen LogP contribution in [0.1, 0.15) is 0 Å². The molecule has 23 heavy (non-hydrogen) atoms. The highest BCUT2D eigenvalue weighted by molar-refractivity contribution is 7.56. The van der Waals surface area contributed by atoms with Gasteiger partial charge in [0.25, 0.3) is 0 Å². The van der Waals surface area contributed by atoms with Crippen molar-refractivity contribution in [2.45, 2.75) is 0 Å². The first kappa shape index (κ1) is 14.8. The molecule has 0 aliphatic heterocycles. The molecular weight excluding hydrogens is 339 g/mol. The molecule has 0 saturated heterocycles. The van der Waals surface area contributed by atoms with Crippen LogP contribution in [0.25, 0.3) is 21.5 Å². The second-order valence-corrected chi connectivity index (χ2v) is 11.9. The number of hydrogen-bond acceptors (Lipinski definition) is 0. The van der Waals surface area contributed by atoms with E-state index >= 15 is 0 Å². The molecule has 0 nitrogen and oxygen atoms in total. The van der Waals surface area contributed by atoms with Crippen LogP contribution >= 0.6 is 22.2 Å². The van der Waals surface area contributed by atoms with Crippen molar-refractivity contribution in [3.8, 4) is 0 Å². The van der Waals surface area contributed by atoms with Gasteiger partial charge in [0.05, 0.1) is 0 Å². The molecule has 4 rings (SSSR count). The van der Waals surface area contributed by atoms with E-state index in [2.05, 4.69) is 54.6 Å². The molecular formula is C20H14Cl2Si. The van der Waals surface area contributed by atoms with Gasteiger partial charge in [0.15, 0.2) is 0 Å². The highest BCUT2D eigenvalue weighted by Crippen LogP contribution is 2.23. The molecule has 4 aromatic carbocycles. The minimum absolute atomic E-state index is 1.02. The molecule has 3 heteroatoms. The first-order valence-electron chi connectivity index (χ1n) is 7.51. The Bertz CT molecular complexity index is 1000. The van der Waals surface area contributed by atoms with Gasteiger partial charge in [0.1, 0.15) is 0 Å². The van der Waals surface area contributed by atoms with E-state index in [0.717, 1.165) is 15.8 Å². The van der Waals surface area contributed by atoms with E-state index < -0.39 is 6.69 Å². The summed E-state index contributed by atoms with van der Waals surface area (Å²) in [5.41, 5.74) is 0. The third kappa shape index (κ3) is 2.55. The van der Waals surface area contributed by atoms with E-state index in [0.29, 0.717) is 0 Å². The molecule has 4 aromatic rings. The highest BCUT2D eigenvalue weighted by Gasteiger charge is 2.35. The average Bonchev–Trinajstić information content (AvgIpc) is 2.60. The Hall–Kier alpha value is -1.80. The van der Waals surface area contributed by atoms with E-state index in [-0.39, 0.29) is 0 Å². The quantitative estimate of drug-likeness (QED) is 0.350. The Morgan fingerprint density at radius 1 is 0.565 bits per heavy atom. The van der Waals surface area contributed by atoms with Gasteiger partial charge in [-0.05, 0) is 31.9 Å². The molecule has 0 fully saturated rings. The molecule has 0 spiro atoms. The second kappa shape index (κ2) is 5.68. The number of hydrogen-bond donors (Lipinski definition) is 0. The Kier molecular flexibility index (Phi) is 3.65. The van der Waals surface area contributed by atoms with Crippen molar-refractivity contribution in [1.29, 1.82) is 0 Å². The summed E-state index contributed by atoms with van der Waals surface area (Å²) >= 11 is 13.9. The molecule has 0 amide bonds. The van der Waals surface area contributed by atoms with E-state index in [1.807, 2.05) is 30.3 Å². The van der Waals surface area contributed by atoms with Gasteiger partial charge in [-0.1, -0.05) is 84.9 Å². The third-order valence-electron chi connectivity index (χ3n) is 4.24. The molecule has 0 heterocycles. The smallest absolute Gasteiger partial charge is 0.134 e. The highest BCUT2D eigenvalue weighted by atomic mass is 35.7. The minimum atomic E-state index is -2.79. The molecule has 112 valence electrons. The summed E-state index contributed by atoms with van der Waals surface area (Å²) in [6.07, 6.45) is 0. The van der Waals surface area contributed by atoms with Gasteiger partial charge in [-0.15, -0.1) is 22.2 Å². The predicted octanol–water partition coefficient (Wildman–Crippen LogP) is 5.03. The molecule has 0 bridgehead atoms. The number of benzene rings is 4. The van der Waals surface area contributed by atoms with E-state index in [9.17, 15) is 0 Å². The van der Waals surface area contributed by atoms with Gasteiger partial charge in [0, 0.05) is 0 Å². The minimum Gasteiger partial charge on any atom is -0.134 e. The van der Waals surface area contributed by atoms with Gasteiger partial charge < -0.3 is 0 Å². The Morgan fingerprint density at radius 2 is 1.22 bits per heavy atom. The molecule has 0 N–H and O–H groups in total. The normalized spacial score (nSPS) is 11.9. The fraction of sp³-hybridized carbons (Fsp3) is 0. The average molecular weight is 353 g/mol. The van der Waals surface area contributed by atoms with Gasteiger partial charge >= 0.3 is 6.69 Å². The Balaban J connectivity index is 1.93. The van der Waals surface area contributed by atoms with Crippen molar-refractivity contribution in [1.82, 2.24) is 0 Å². The van der Waals surface area contributed by atoms with Crippen molar-refractivity contribution >= 4 is 60.8 Å². The fourth-order valence-corrected chi connectivity index (χ4v) is 6.55. The first-order valence-corrected chi connectivity index (χ1v) is 11.5. The van der Waals surface area contributed by atoms with Gasteiger partial charge in [0.2, 0.25) is 0 Å². The van der Waals surface area contributed by atoms with Crippen molar-refractivity contribution in [2.24, 2.45) is 0 Å². The van der Waals surface area contributed by atoms with Crippen molar-refractivity contribution in [3.05, 3.63) is 84.9 Å². The van der Waals surface area contributed by atoms with Crippen molar-refractivity contribution in [3.63, 3.8) is 0 Å². The largest absolute Gasteiger partial charge is 0.311 e. The lowest BCUT2D eigenvalue weighted by Crippen LogP contribution is -2.48. The summed E-state index contributed by atoms with van der Waals surface area (Å²) in [6, 6.07) is 29.0. The monoisotopic (exact) mass is 352 g/mol. The molecule has 0 aromatic heterocycles. The van der Waals surface area contributed by atoms with Gasteiger partial charge in [-0.25, -0.2) is 0 Å². The zero-order valence-corrected chi connectivity index (χ0v) is 14.9. The van der Waals surface area contributed by atoms with Gasteiger partial charge in [-0.3, -0.25) is 0 Å². The number of fused-ring (bicyclic) bond motifs is 2. The van der Waals surface area contributed by atoms with Crippen LogP contribution in [0.2, 0.25) is 0 Å². The maximum absolute atomic E-state index is 6.97. The van der Waals surface area contributed by atoms with E-state index in [4.69, 9.17) is 22.2 Å². The van der Waals surface area contributed by atoms with Crippen LogP contribution in [-0.2, 0) is 0 Å². The zero-order valence-electron chi connectivity index (χ0n) is 12.3. The first-order chi connectivity index (χ1) is 11.2. The lowest BCUT2D eigenvalue weighted by molar-refractivity contribution is 1.76. The summed E-state index contributed by atoms with van der Waals surface area (Å²) in [5, 5.41) is 6.75. The molecule has 0 unspecified atom stereocenters. The van der Waals surface area contributed by atoms with Crippen molar-refractivity contribution in [2.75, 3.05) is 0 Å². The third-order valence-corrected chi connectivity index (χ3v) is 8.92. The lowest BCUT2D eigenvalue weighted by atomic mass is 10.1.